The van der Waals surface area contributed by atoms with Crippen molar-refractivity contribution < 1.29 is 23.1 Å². The molecule has 0 spiro atoms. The van der Waals surface area contributed by atoms with Crippen molar-refractivity contribution >= 4 is 33.8 Å². The van der Waals surface area contributed by atoms with Crippen molar-refractivity contribution in [2.45, 2.75) is 13.5 Å². The lowest BCUT2D eigenvalue weighted by Crippen LogP contribution is -2.11. The Morgan fingerprint density at radius 1 is 1.00 bits per heavy atom. The molecule has 0 saturated heterocycles. The molecule has 0 atom stereocenters. The number of furan rings is 1. The molecule has 0 bridgehead atoms. The van der Waals surface area contributed by atoms with Gasteiger partial charge in [0, 0.05) is 11.8 Å². The van der Waals surface area contributed by atoms with Crippen LogP contribution < -0.4 is 15.4 Å². The number of rotatable bonds is 7. The van der Waals surface area contributed by atoms with E-state index in [4.69, 9.17) is 9.15 Å². The normalized spacial score (nSPS) is 10.6. The predicted octanol–water partition coefficient (Wildman–Crippen LogP) is 5.87. The highest BCUT2D eigenvalue weighted by Gasteiger charge is 2.17. The maximum atomic E-state index is 13.0. The molecule has 162 valence electrons. The van der Waals surface area contributed by atoms with Crippen LogP contribution in [0.5, 0.6) is 5.75 Å². The SMILES string of the molecule is Cc1cc(NC(=O)c2ccco2)sc1C(=O)Nc1cccc(OCc2ccc(F)cc2)c1. The average molecular weight is 450 g/mol. The molecular weight excluding hydrogens is 431 g/mol. The molecule has 0 saturated carbocycles. The Labute approximate surface area is 187 Å². The Morgan fingerprint density at radius 2 is 1.81 bits per heavy atom. The highest BCUT2D eigenvalue weighted by atomic mass is 32.1. The summed E-state index contributed by atoms with van der Waals surface area (Å²) in [6.45, 7) is 2.08. The standard InChI is InChI=1S/C24H19FN2O4S/c1-15-12-21(27-23(28)20-6-3-11-30-20)32-22(15)24(29)26-18-4-2-5-19(13-18)31-14-16-7-9-17(25)10-8-16/h2-13H,14H2,1H3,(H,26,29)(H,27,28). The van der Waals surface area contributed by atoms with E-state index in [1.54, 1.807) is 61.5 Å². The minimum absolute atomic E-state index is 0.194. The van der Waals surface area contributed by atoms with Crippen LogP contribution in [0.2, 0.25) is 0 Å². The number of aryl methyl sites for hydroxylation is 1. The van der Waals surface area contributed by atoms with Gasteiger partial charge in [-0.05, 0) is 60.5 Å². The molecule has 0 aliphatic heterocycles. The second-order valence-corrected chi connectivity index (χ2v) is 8.00. The molecule has 2 aromatic carbocycles. The van der Waals surface area contributed by atoms with E-state index in [1.165, 1.54) is 29.7 Å². The summed E-state index contributed by atoms with van der Waals surface area (Å²) in [7, 11) is 0. The van der Waals surface area contributed by atoms with Crippen molar-refractivity contribution in [2.75, 3.05) is 10.6 Å². The fraction of sp³-hybridized carbons (Fsp3) is 0.0833. The summed E-state index contributed by atoms with van der Waals surface area (Å²) < 4.78 is 23.8. The van der Waals surface area contributed by atoms with Gasteiger partial charge in [0.25, 0.3) is 11.8 Å². The van der Waals surface area contributed by atoms with E-state index in [0.717, 1.165) is 11.1 Å². The fourth-order valence-corrected chi connectivity index (χ4v) is 3.91. The third kappa shape index (κ3) is 5.22. The average Bonchev–Trinajstić information content (AvgIpc) is 3.44. The maximum absolute atomic E-state index is 13.0. The summed E-state index contributed by atoms with van der Waals surface area (Å²) in [6.07, 6.45) is 1.42. The molecule has 8 heteroatoms. The lowest BCUT2D eigenvalue weighted by molar-refractivity contribution is 0.0995. The van der Waals surface area contributed by atoms with Gasteiger partial charge < -0.3 is 19.8 Å². The molecule has 2 amide bonds. The highest BCUT2D eigenvalue weighted by Crippen LogP contribution is 2.28. The minimum atomic E-state index is -0.380. The van der Waals surface area contributed by atoms with E-state index in [-0.39, 0.29) is 30.0 Å². The number of hydrogen-bond acceptors (Lipinski definition) is 5. The number of amides is 2. The fourth-order valence-electron chi connectivity index (χ4n) is 2.95. The minimum Gasteiger partial charge on any atom is -0.489 e. The van der Waals surface area contributed by atoms with E-state index in [2.05, 4.69) is 10.6 Å². The molecule has 0 fully saturated rings. The summed E-state index contributed by atoms with van der Waals surface area (Å²) in [5, 5.41) is 6.13. The number of halogens is 1. The van der Waals surface area contributed by atoms with Crippen molar-refractivity contribution in [1.82, 2.24) is 0 Å². The first-order valence-corrected chi connectivity index (χ1v) is 10.5. The molecule has 0 radical (unpaired) electrons. The van der Waals surface area contributed by atoms with Crippen LogP contribution in [0.25, 0.3) is 0 Å². The van der Waals surface area contributed by atoms with Crippen LogP contribution in [-0.2, 0) is 6.61 Å². The first kappa shape index (κ1) is 21.3. The van der Waals surface area contributed by atoms with Crippen molar-refractivity contribution in [1.29, 1.82) is 0 Å². The predicted molar refractivity (Wildman–Crippen MR) is 121 cm³/mol. The van der Waals surface area contributed by atoms with Crippen molar-refractivity contribution in [3.05, 3.63) is 101 Å². The molecule has 32 heavy (non-hydrogen) atoms. The Kier molecular flexibility index (Phi) is 6.32. The van der Waals surface area contributed by atoms with Gasteiger partial charge in [-0.25, -0.2) is 4.39 Å². The number of carbonyl (C=O) groups is 2. The molecule has 0 aliphatic rings. The molecule has 4 aromatic rings. The Morgan fingerprint density at radius 3 is 2.56 bits per heavy atom. The van der Waals surface area contributed by atoms with Crippen molar-refractivity contribution in [2.24, 2.45) is 0 Å². The number of ether oxygens (including phenoxy) is 1. The van der Waals surface area contributed by atoms with Crippen molar-refractivity contribution in [3.8, 4) is 5.75 Å². The summed E-state index contributed by atoms with van der Waals surface area (Å²) in [5.41, 5.74) is 2.14. The Balaban J connectivity index is 1.39. The smallest absolute Gasteiger partial charge is 0.291 e. The number of hydrogen-bond donors (Lipinski definition) is 2. The van der Waals surface area contributed by atoms with E-state index in [1.807, 2.05) is 0 Å². The zero-order chi connectivity index (χ0) is 22.5. The molecule has 2 aromatic heterocycles. The Bertz CT molecular complexity index is 1230. The topological polar surface area (TPSA) is 80.6 Å². The molecule has 0 unspecified atom stereocenters. The van der Waals surface area contributed by atoms with Gasteiger partial charge in [-0.1, -0.05) is 18.2 Å². The van der Waals surface area contributed by atoms with Gasteiger partial charge in [0.15, 0.2) is 5.76 Å². The summed E-state index contributed by atoms with van der Waals surface area (Å²) in [4.78, 5) is 25.4. The van der Waals surface area contributed by atoms with Crippen LogP contribution in [0.1, 0.15) is 31.4 Å². The van der Waals surface area contributed by atoms with Crippen LogP contribution in [0.4, 0.5) is 15.1 Å². The van der Waals surface area contributed by atoms with Gasteiger partial charge in [0.05, 0.1) is 16.1 Å². The van der Waals surface area contributed by atoms with Crippen molar-refractivity contribution in [3.63, 3.8) is 0 Å². The molecule has 6 nitrogen and oxygen atoms in total. The molecular formula is C24H19FN2O4S. The number of carbonyl (C=O) groups excluding carboxylic acids is 2. The number of thiophene rings is 1. The van der Waals surface area contributed by atoms with Gasteiger partial charge in [-0.15, -0.1) is 11.3 Å². The molecule has 2 heterocycles. The second kappa shape index (κ2) is 9.49. The van der Waals surface area contributed by atoms with Gasteiger partial charge >= 0.3 is 0 Å². The van der Waals surface area contributed by atoms with E-state index < -0.39 is 0 Å². The first-order valence-electron chi connectivity index (χ1n) is 9.72. The van der Waals surface area contributed by atoms with Crippen LogP contribution >= 0.6 is 11.3 Å². The van der Waals surface area contributed by atoms with Crippen LogP contribution in [0, 0.1) is 12.7 Å². The maximum Gasteiger partial charge on any atom is 0.291 e. The largest absolute Gasteiger partial charge is 0.489 e. The summed E-state index contributed by atoms with van der Waals surface area (Å²) >= 11 is 1.18. The third-order valence-corrected chi connectivity index (χ3v) is 5.67. The van der Waals surface area contributed by atoms with Crippen LogP contribution in [0.15, 0.2) is 77.4 Å². The molecule has 2 N–H and O–H groups in total. The van der Waals surface area contributed by atoms with Gasteiger partial charge in [0.2, 0.25) is 0 Å². The monoisotopic (exact) mass is 450 g/mol. The Hall–Kier alpha value is -3.91. The molecule has 4 rings (SSSR count). The summed E-state index contributed by atoms with van der Waals surface area (Å²) in [6, 6.07) is 18.0. The zero-order valence-electron chi connectivity index (χ0n) is 17.1. The highest BCUT2D eigenvalue weighted by molar-refractivity contribution is 7.18. The van der Waals surface area contributed by atoms with Gasteiger partial charge in [-0.3, -0.25) is 9.59 Å². The molecule has 0 aliphatic carbocycles. The lowest BCUT2D eigenvalue weighted by atomic mass is 10.2. The number of anilines is 2. The van der Waals surface area contributed by atoms with Crippen LogP contribution in [0.3, 0.4) is 0 Å². The van der Waals surface area contributed by atoms with Gasteiger partial charge in [0.1, 0.15) is 18.2 Å². The number of benzene rings is 2. The second-order valence-electron chi connectivity index (χ2n) is 6.95. The first-order chi connectivity index (χ1) is 15.5. The number of nitrogens with one attached hydrogen (secondary N) is 2. The van der Waals surface area contributed by atoms with E-state index in [9.17, 15) is 14.0 Å². The third-order valence-electron chi connectivity index (χ3n) is 4.52. The van der Waals surface area contributed by atoms with Gasteiger partial charge in [-0.2, -0.15) is 0 Å². The van der Waals surface area contributed by atoms with E-state index >= 15 is 0 Å². The zero-order valence-corrected chi connectivity index (χ0v) is 17.9. The van der Waals surface area contributed by atoms with Crippen LogP contribution in [-0.4, -0.2) is 11.8 Å². The quantitative estimate of drug-likeness (QED) is 0.369. The lowest BCUT2D eigenvalue weighted by Gasteiger charge is -2.09. The summed E-state index contributed by atoms with van der Waals surface area (Å²) in [5.74, 6) is -0.206. The van der Waals surface area contributed by atoms with E-state index in [0.29, 0.717) is 21.3 Å².